The Labute approximate surface area is 214 Å². The first-order valence-corrected chi connectivity index (χ1v) is 12.4. The lowest BCUT2D eigenvalue weighted by Crippen LogP contribution is -2.30. The quantitative estimate of drug-likeness (QED) is 0.363. The van der Waals surface area contributed by atoms with Crippen molar-refractivity contribution in [2.45, 2.75) is 51.1 Å². The number of carbonyl (C=O) groups is 1. The lowest BCUT2D eigenvalue weighted by atomic mass is 9.96. The van der Waals surface area contributed by atoms with Gasteiger partial charge in [0.2, 0.25) is 11.8 Å². The molecule has 4 heterocycles. The summed E-state index contributed by atoms with van der Waals surface area (Å²) < 4.78 is 5.72. The molecule has 0 spiro atoms. The van der Waals surface area contributed by atoms with Crippen molar-refractivity contribution < 1.29 is 9.21 Å². The summed E-state index contributed by atoms with van der Waals surface area (Å²) in [7, 11) is 2.08. The zero-order valence-corrected chi connectivity index (χ0v) is 21.1. The summed E-state index contributed by atoms with van der Waals surface area (Å²) in [6.45, 7) is 5.62. The summed E-state index contributed by atoms with van der Waals surface area (Å²) in [5, 5.41) is 21.4. The molecule has 3 aromatic heterocycles. The number of amides is 1. The Morgan fingerprint density at radius 1 is 1.24 bits per heavy atom. The lowest BCUT2D eigenvalue weighted by molar-refractivity contribution is 0.0895. The van der Waals surface area contributed by atoms with Gasteiger partial charge in [0.1, 0.15) is 0 Å². The van der Waals surface area contributed by atoms with Crippen LogP contribution >= 0.6 is 0 Å². The zero-order chi connectivity index (χ0) is 25.6. The van der Waals surface area contributed by atoms with Crippen LogP contribution in [0.2, 0.25) is 0 Å². The van der Waals surface area contributed by atoms with Crippen molar-refractivity contribution in [2.75, 3.05) is 18.9 Å². The number of nitrogens with one attached hydrogen (secondary N) is 3. The van der Waals surface area contributed by atoms with Crippen LogP contribution in [0.15, 0.2) is 41.1 Å². The van der Waals surface area contributed by atoms with Gasteiger partial charge >= 0.3 is 11.8 Å². The van der Waals surface area contributed by atoms with E-state index >= 15 is 0 Å². The molecule has 6 rings (SSSR count). The number of aromatic nitrogens is 6. The van der Waals surface area contributed by atoms with Crippen molar-refractivity contribution in [3.63, 3.8) is 0 Å². The average Bonchev–Trinajstić information content (AvgIpc) is 3.29. The standard InChI is InChI=1S/C26H29N9O2/c1-15-21(13-28-32-15)31-25-27-10-6-19(30-25)16-4-5-18-17(12-16)14-35(3)11-7-20(18)29-22(36)23-33-34-24(37-23)26(2)8-9-26/h4-6,10,12-13,20H,7-9,11,14H2,1-3H3,(H,28,32)(H,29,36)(H,27,30,31). The van der Waals surface area contributed by atoms with Gasteiger partial charge in [-0.2, -0.15) is 5.10 Å². The van der Waals surface area contributed by atoms with Gasteiger partial charge in [-0.25, -0.2) is 9.97 Å². The zero-order valence-electron chi connectivity index (χ0n) is 21.1. The summed E-state index contributed by atoms with van der Waals surface area (Å²) in [4.78, 5) is 24.3. The summed E-state index contributed by atoms with van der Waals surface area (Å²) in [6, 6.07) is 7.98. The lowest BCUT2D eigenvalue weighted by Gasteiger charge is -2.19. The van der Waals surface area contributed by atoms with Gasteiger partial charge < -0.3 is 20.0 Å². The number of aromatic amines is 1. The van der Waals surface area contributed by atoms with Crippen LogP contribution in [-0.2, 0) is 12.0 Å². The molecule has 1 aliphatic carbocycles. The Kier molecular flexibility index (Phi) is 5.71. The summed E-state index contributed by atoms with van der Waals surface area (Å²) in [5.41, 5.74) is 5.67. The van der Waals surface area contributed by atoms with Gasteiger partial charge in [0.15, 0.2) is 0 Å². The van der Waals surface area contributed by atoms with Gasteiger partial charge in [-0.1, -0.05) is 19.1 Å². The maximum absolute atomic E-state index is 13.0. The van der Waals surface area contributed by atoms with Crippen LogP contribution in [0.5, 0.6) is 0 Å². The minimum absolute atomic E-state index is 0.0211. The van der Waals surface area contributed by atoms with E-state index in [9.17, 15) is 4.79 Å². The number of fused-ring (bicyclic) bond motifs is 1. The molecule has 1 saturated carbocycles. The molecule has 4 aromatic rings. The molecule has 3 N–H and O–H groups in total. The number of anilines is 2. The number of benzene rings is 1. The Hall–Kier alpha value is -4.12. The predicted octanol–water partition coefficient (Wildman–Crippen LogP) is 3.66. The smallest absolute Gasteiger partial charge is 0.309 e. The third kappa shape index (κ3) is 4.69. The molecule has 1 amide bonds. The molecular formula is C26H29N9O2. The Balaban J connectivity index is 1.24. The molecule has 2 aliphatic rings. The largest absolute Gasteiger partial charge is 0.416 e. The molecule has 11 heteroatoms. The van der Waals surface area contributed by atoms with Crippen molar-refractivity contribution in [1.29, 1.82) is 0 Å². The van der Waals surface area contributed by atoms with E-state index in [1.54, 1.807) is 12.4 Å². The van der Waals surface area contributed by atoms with Crippen molar-refractivity contribution in [2.24, 2.45) is 0 Å². The van der Waals surface area contributed by atoms with Crippen molar-refractivity contribution in [3.8, 4) is 11.3 Å². The van der Waals surface area contributed by atoms with E-state index in [4.69, 9.17) is 9.40 Å². The Bertz CT molecular complexity index is 1460. The van der Waals surface area contributed by atoms with Gasteiger partial charge in [0, 0.05) is 30.3 Å². The fraction of sp³-hybridized carbons (Fsp3) is 0.385. The number of hydrogen-bond acceptors (Lipinski definition) is 9. The number of rotatable bonds is 6. The second-order valence-corrected chi connectivity index (χ2v) is 10.2. The van der Waals surface area contributed by atoms with E-state index in [-0.39, 0.29) is 23.3 Å². The topological polar surface area (TPSA) is 138 Å². The second kappa shape index (κ2) is 9.07. The highest BCUT2D eigenvalue weighted by Crippen LogP contribution is 2.46. The molecular weight excluding hydrogens is 470 g/mol. The molecule has 0 saturated heterocycles. The van der Waals surface area contributed by atoms with E-state index in [0.29, 0.717) is 11.8 Å². The molecule has 190 valence electrons. The highest BCUT2D eigenvalue weighted by atomic mass is 16.4. The van der Waals surface area contributed by atoms with Gasteiger partial charge in [-0.05, 0) is 56.5 Å². The third-order valence-corrected chi connectivity index (χ3v) is 7.23. The van der Waals surface area contributed by atoms with Crippen molar-refractivity contribution in [1.82, 2.24) is 40.6 Å². The molecule has 11 nitrogen and oxygen atoms in total. The van der Waals surface area contributed by atoms with E-state index in [1.165, 1.54) is 0 Å². The van der Waals surface area contributed by atoms with E-state index < -0.39 is 0 Å². The van der Waals surface area contributed by atoms with Crippen LogP contribution in [0.3, 0.4) is 0 Å². The SMILES string of the molecule is Cc1[nH]ncc1Nc1nccc(-c2ccc3c(c2)CN(C)CCC3NC(=O)c2nnc(C3(C)CC3)o2)n1. The number of carbonyl (C=O) groups excluding carboxylic acids is 1. The number of aryl methyl sites for hydroxylation is 1. The summed E-state index contributed by atoms with van der Waals surface area (Å²) in [6.07, 6.45) is 6.24. The maximum atomic E-state index is 13.0. The van der Waals surface area contributed by atoms with Crippen LogP contribution in [0.1, 0.15) is 65.6 Å². The molecule has 0 bridgehead atoms. The van der Waals surface area contributed by atoms with E-state index in [2.05, 4.69) is 67.0 Å². The minimum Gasteiger partial charge on any atom is -0.416 e. The van der Waals surface area contributed by atoms with E-state index in [0.717, 1.165) is 66.1 Å². The molecule has 1 atom stereocenters. The number of nitrogens with zero attached hydrogens (tertiary/aromatic N) is 6. The molecule has 1 unspecified atom stereocenters. The molecule has 1 aromatic carbocycles. The first-order valence-electron chi connectivity index (χ1n) is 12.4. The predicted molar refractivity (Wildman–Crippen MR) is 136 cm³/mol. The fourth-order valence-electron chi connectivity index (χ4n) is 4.62. The van der Waals surface area contributed by atoms with E-state index in [1.807, 2.05) is 19.1 Å². The van der Waals surface area contributed by atoms with Gasteiger partial charge in [0.05, 0.1) is 29.3 Å². The van der Waals surface area contributed by atoms with Crippen LogP contribution in [0.25, 0.3) is 11.3 Å². The monoisotopic (exact) mass is 499 g/mol. The Morgan fingerprint density at radius 3 is 2.89 bits per heavy atom. The van der Waals surface area contributed by atoms with Gasteiger partial charge in [0.25, 0.3) is 0 Å². The van der Waals surface area contributed by atoms with Crippen LogP contribution in [0, 0.1) is 6.92 Å². The second-order valence-electron chi connectivity index (χ2n) is 10.2. The molecule has 1 aliphatic heterocycles. The van der Waals surface area contributed by atoms with Crippen molar-refractivity contribution in [3.05, 3.63) is 65.3 Å². The first kappa shape index (κ1) is 23.3. The maximum Gasteiger partial charge on any atom is 0.309 e. The van der Waals surface area contributed by atoms with Gasteiger partial charge in [-0.3, -0.25) is 9.89 Å². The van der Waals surface area contributed by atoms with Gasteiger partial charge in [-0.15, -0.1) is 10.2 Å². The highest BCUT2D eigenvalue weighted by Gasteiger charge is 2.44. The van der Waals surface area contributed by atoms with Crippen LogP contribution in [0.4, 0.5) is 11.6 Å². The van der Waals surface area contributed by atoms with Crippen LogP contribution in [-0.4, -0.2) is 54.8 Å². The molecule has 37 heavy (non-hydrogen) atoms. The Morgan fingerprint density at radius 2 is 2.11 bits per heavy atom. The number of H-pyrrole nitrogens is 1. The number of hydrogen-bond donors (Lipinski definition) is 3. The fourth-order valence-corrected chi connectivity index (χ4v) is 4.62. The third-order valence-electron chi connectivity index (χ3n) is 7.23. The first-order chi connectivity index (χ1) is 17.9. The highest BCUT2D eigenvalue weighted by molar-refractivity contribution is 5.89. The van der Waals surface area contributed by atoms with Crippen molar-refractivity contribution >= 4 is 17.5 Å². The van der Waals surface area contributed by atoms with Crippen LogP contribution < -0.4 is 10.6 Å². The molecule has 1 fully saturated rings. The molecule has 0 radical (unpaired) electrons. The average molecular weight is 500 g/mol. The summed E-state index contributed by atoms with van der Waals surface area (Å²) >= 11 is 0. The minimum atomic E-state index is -0.339. The summed E-state index contributed by atoms with van der Waals surface area (Å²) in [5.74, 6) is 0.726. The normalized spacial score (nSPS) is 18.6.